The molecule has 4 atom stereocenters. The molecule has 15 heteroatoms. The molecular formula is C6H9N3O10S2. The number of aliphatic hydroxyl groups excluding tert-OH is 3. The first-order chi connectivity index (χ1) is 9.55. The number of nitrogens with zero attached hydrogens (tertiary/aromatic N) is 3. The van der Waals surface area contributed by atoms with Gasteiger partial charge in [0.25, 0.3) is 5.79 Å². The molecule has 1 heterocycles. The highest BCUT2D eigenvalue weighted by molar-refractivity contribution is 7.85. The van der Waals surface area contributed by atoms with Crippen LogP contribution in [0.3, 0.4) is 0 Å². The number of azide groups is 1. The Bertz CT molecular complexity index is 686. The summed E-state index contributed by atoms with van der Waals surface area (Å²) in [6, 6.07) is 0. The van der Waals surface area contributed by atoms with Gasteiger partial charge in [-0.05, 0) is 5.53 Å². The molecule has 0 bridgehead atoms. The highest BCUT2D eigenvalue weighted by atomic mass is 32.2. The van der Waals surface area contributed by atoms with E-state index in [9.17, 15) is 37.3 Å². The average molecular weight is 347 g/mol. The third kappa shape index (κ3) is 3.67. The molecule has 0 unspecified atom stereocenters. The second-order valence-electron chi connectivity index (χ2n) is 3.72. The Labute approximate surface area is 118 Å². The second-order valence-corrected chi connectivity index (χ2v) is 5.79. The van der Waals surface area contributed by atoms with E-state index in [2.05, 4.69) is 13.4 Å². The zero-order valence-electron chi connectivity index (χ0n) is 9.84. The highest BCUT2D eigenvalue weighted by Gasteiger charge is 2.56. The van der Waals surface area contributed by atoms with Gasteiger partial charge in [0.15, 0.2) is 6.10 Å². The molecule has 0 radical (unpaired) electrons. The van der Waals surface area contributed by atoms with Crippen molar-refractivity contribution in [3.05, 3.63) is 10.4 Å². The Morgan fingerprint density at radius 2 is 2.05 bits per heavy atom. The molecule has 1 rings (SSSR count). The van der Waals surface area contributed by atoms with E-state index in [4.69, 9.17) is 5.53 Å². The van der Waals surface area contributed by atoms with Crippen LogP contribution in [-0.2, 0) is 29.5 Å². The predicted octanol–water partition coefficient (Wildman–Crippen LogP) is -3.07. The summed E-state index contributed by atoms with van der Waals surface area (Å²) in [6.45, 7) is -0.847. The summed E-state index contributed by atoms with van der Waals surface area (Å²) in [4.78, 5) is 1.90. The molecule has 13 nitrogen and oxygen atoms in total. The van der Waals surface area contributed by atoms with Crippen molar-refractivity contribution >= 4 is 25.6 Å². The SMILES string of the molecule is [N-]=[N+]=NS(=O)(=O)O[C@H]1[C@H](O)[C@H](O)CO[C@]1(O)C(O)=S(=O)=O. The van der Waals surface area contributed by atoms with Crippen LogP contribution in [0.15, 0.2) is 4.52 Å². The molecule has 4 N–H and O–H groups in total. The molecule has 1 saturated heterocycles. The predicted molar refractivity (Wildman–Crippen MR) is 62.4 cm³/mol. The van der Waals surface area contributed by atoms with Gasteiger partial charge in [0, 0.05) is 4.91 Å². The normalized spacial score (nSPS) is 33.0. The number of rotatable bonds is 4. The molecule has 1 fully saturated rings. The number of hydrogen-bond acceptors (Lipinski definition) is 9. The Hall–Kier alpha value is -1.29. The highest BCUT2D eigenvalue weighted by Crippen LogP contribution is 2.29. The Morgan fingerprint density at radius 3 is 2.52 bits per heavy atom. The third-order valence-corrected chi connectivity index (χ3v) is 3.72. The maximum atomic E-state index is 11.2. The topological polar surface area (TPSA) is 216 Å². The molecule has 0 amide bonds. The van der Waals surface area contributed by atoms with Crippen LogP contribution in [0.25, 0.3) is 10.4 Å². The molecule has 0 aromatic rings. The lowest BCUT2D eigenvalue weighted by molar-refractivity contribution is -0.281. The first-order valence-electron chi connectivity index (χ1n) is 4.93. The van der Waals surface area contributed by atoms with Gasteiger partial charge in [-0.25, -0.2) is 0 Å². The van der Waals surface area contributed by atoms with Crippen molar-refractivity contribution in [1.82, 2.24) is 0 Å². The molecule has 0 aliphatic carbocycles. The van der Waals surface area contributed by atoms with Gasteiger partial charge in [0.05, 0.1) is 11.1 Å². The standard InChI is InChI=1S/C6H9N3O10S2/c7-8-9-21(16,17)19-4-3(11)2(10)1-18-6(4,13)5(12)20(14)15/h2-4,10-13H,1H2/t2-,3-,4+,6+/m1/s1. The zero-order chi connectivity index (χ0) is 16.4. The first-order valence-corrected chi connectivity index (χ1v) is 7.37. The molecule has 1 aliphatic rings. The second kappa shape index (κ2) is 6.22. The van der Waals surface area contributed by atoms with E-state index in [-0.39, 0.29) is 0 Å². The third-order valence-electron chi connectivity index (χ3n) is 2.39. The van der Waals surface area contributed by atoms with Crippen LogP contribution in [0.4, 0.5) is 0 Å². The van der Waals surface area contributed by atoms with Gasteiger partial charge in [-0.3, -0.25) is 4.18 Å². The quantitative estimate of drug-likeness (QED) is 0.174. The Morgan fingerprint density at radius 1 is 1.48 bits per heavy atom. The minimum atomic E-state index is -5.05. The van der Waals surface area contributed by atoms with E-state index in [1.807, 2.05) is 4.91 Å². The van der Waals surface area contributed by atoms with E-state index >= 15 is 0 Å². The van der Waals surface area contributed by atoms with Crippen LogP contribution in [0, 0.1) is 0 Å². The fourth-order valence-corrected chi connectivity index (χ4v) is 2.49. The maximum Gasteiger partial charge on any atom is 0.359 e. The average Bonchev–Trinajstić information content (AvgIpc) is 2.38. The number of ether oxygens (including phenoxy) is 1. The van der Waals surface area contributed by atoms with E-state index in [1.54, 1.807) is 0 Å². The zero-order valence-corrected chi connectivity index (χ0v) is 11.5. The first kappa shape index (κ1) is 17.8. The summed E-state index contributed by atoms with van der Waals surface area (Å²) >= 11 is 0. The monoisotopic (exact) mass is 347 g/mol. The minimum absolute atomic E-state index is 0.847. The van der Waals surface area contributed by atoms with Crippen molar-refractivity contribution in [1.29, 1.82) is 0 Å². The fourth-order valence-electron chi connectivity index (χ4n) is 1.45. The maximum absolute atomic E-state index is 11.2. The van der Waals surface area contributed by atoms with Crippen LogP contribution in [0.1, 0.15) is 0 Å². The van der Waals surface area contributed by atoms with Gasteiger partial charge in [-0.15, -0.1) is 0 Å². The summed E-state index contributed by atoms with van der Waals surface area (Å²) in [7, 11) is -8.50. The Kier molecular flexibility index (Phi) is 5.26. The fraction of sp³-hybridized carbons (Fsp3) is 0.833. The number of aliphatic hydroxyl groups is 4. The van der Waals surface area contributed by atoms with E-state index in [1.165, 1.54) is 0 Å². The summed E-state index contributed by atoms with van der Waals surface area (Å²) in [5, 5.41) is 36.3. The molecule has 0 aromatic heterocycles. The summed E-state index contributed by atoms with van der Waals surface area (Å²) in [5.74, 6) is -3.30. The lowest BCUT2D eigenvalue weighted by Gasteiger charge is -2.41. The van der Waals surface area contributed by atoms with Crippen LogP contribution in [-0.4, -0.2) is 73.0 Å². The molecular weight excluding hydrogens is 338 g/mol. The van der Waals surface area contributed by atoms with Gasteiger partial charge in [0.2, 0.25) is 15.3 Å². The summed E-state index contributed by atoms with van der Waals surface area (Å²) < 4.78 is 54.5. The molecule has 0 aromatic carbocycles. The van der Waals surface area contributed by atoms with Crippen molar-refractivity contribution in [3.63, 3.8) is 0 Å². The van der Waals surface area contributed by atoms with Gasteiger partial charge >= 0.3 is 10.3 Å². The van der Waals surface area contributed by atoms with Crippen LogP contribution >= 0.6 is 0 Å². The van der Waals surface area contributed by atoms with Crippen molar-refractivity contribution in [2.24, 2.45) is 4.52 Å². The van der Waals surface area contributed by atoms with Crippen LogP contribution in [0.2, 0.25) is 0 Å². The van der Waals surface area contributed by atoms with Crippen molar-refractivity contribution in [3.8, 4) is 0 Å². The van der Waals surface area contributed by atoms with Crippen LogP contribution in [0.5, 0.6) is 0 Å². The lowest BCUT2D eigenvalue weighted by Crippen LogP contribution is -2.65. The molecule has 0 spiro atoms. The van der Waals surface area contributed by atoms with Gasteiger partial charge < -0.3 is 25.2 Å². The van der Waals surface area contributed by atoms with Gasteiger partial charge in [-0.2, -0.15) is 16.8 Å². The number of hydrogen-bond donors (Lipinski definition) is 4. The van der Waals surface area contributed by atoms with Gasteiger partial charge in [0.1, 0.15) is 12.2 Å². The minimum Gasteiger partial charge on any atom is -0.388 e. The molecule has 120 valence electrons. The van der Waals surface area contributed by atoms with Crippen molar-refractivity contribution in [2.45, 2.75) is 24.1 Å². The Balaban J connectivity index is 3.36. The lowest BCUT2D eigenvalue weighted by atomic mass is 9.97. The molecule has 1 aliphatic heterocycles. The van der Waals surface area contributed by atoms with Gasteiger partial charge in [-0.1, -0.05) is 0 Å². The summed E-state index contributed by atoms with van der Waals surface area (Å²) in [5.41, 5.74) is 8.02. The summed E-state index contributed by atoms with van der Waals surface area (Å²) in [6.07, 6.45) is -6.46. The van der Waals surface area contributed by atoms with Crippen LogP contribution < -0.4 is 0 Å². The molecule has 21 heavy (non-hydrogen) atoms. The van der Waals surface area contributed by atoms with Crippen molar-refractivity contribution < 1.29 is 46.2 Å². The molecule has 0 saturated carbocycles. The van der Waals surface area contributed by atoms with E-state index in [0.717, 1.165) is 0 Å². The van der Waals surface area contributed by atoms with Crippen molar-refractivity contribution in [2.75, 3.05) is 6.61 Å². The largest absolute Gasteiger partial charge is 0.388 e. The van der Waals surface area contributed by atoms with E-state index in [0.29, 0.717) is 0 Å². The smallest absolute Gasteiger partial charge is 0.359 e. The van der Waals surface area contributed by atoms with E-state index < -0.39 is 56.4 Å².